The molecule has 1 heterocycles. The second-order valence-corrected chi connectivity index (χ2v) is 3.66. The standard InChI is InChI=1S/C10H8ClNO3/c1-5(10(13)14)6-2-9-8(3-7(6)11)12-4-15-9/h2-5H,1H3,(H,13,14). The SMILES string of the molecule is CC(C(=O)O)c1cc2ocnc2cc1Cl. The molecule has 5 heteroatoms. The van der Waals surface area contributed by atoms with E-state index in [2.05, 4.69) is 4.98 Å². The molecule has 2 rings (SSSR count). The minimum absolute atomic E-state index is 0.395. The first-order chi connectivity index (χ1) is 7.09. The molecule has 1 aromatic heterocycles. The van der Waals surface area contributed by atoms with Gasteiger partial charge in [-0.05, 0) is 24.6 Å². The van der Waals surface area contributed by atoms with Gasteiger partial charge in [0.15, 0.2) is 12.0 Å². The van der Waals surface area contributed by atoms with Crippen molar-refractivity contribution in [2.24, 2.45) is 0 Å². The van der Waals surface area contributed by atoms with E-state index in [1.807, 2.05) is 0 Å². The summed E-state index contributed by atoms with van der Waals surface area (Å²) in [6, 6.07) is 3.22. The zero-order valence-electron chi connectivity index (χ0n) is 7.90. The largest absolute Gasteiger partial charge is 0.481 e. The first kappa shape index (κ1) is 9.98. The Hall–Kier alpha value is -1.55. The molecule has 2 aromatic rings. The number of rotatable bonds is 2. The predicted molar refractivity (Wildman–Crippen MR) is 55.1 cm³/mol. The first-order valence-corrected chi connectivity index (χ1v) is 4.73. The number of halogens is 1. The van der Waals surface area contributed by atoms with Crippen molar-refractivity contribution in [2.45, 2.75) is 12.8 Å². The Morgan fingerprint density at radius 2 is 2.33 bits per heavy atom. The molecule has 15 heavy (non-hydrogen) atoms. The summed E-state index contributed by atoms with van der Waals surface area (Å²) in [7, 11) is 0. The molecule has 1 atom stereocenters. The van der Waals surface area contributed by atoms with Crippen LogP contribution in [0.4, 0.5) is 0 Å². The third-order valence-corrected chi connectivity index (χ3v) is 2.61. The number of fused-ring (bicyclic) bond motifs is 1. The van der Waals surface area contributed by atoms with Gasteiger partial charge in [-0.3, -0.25) is 4.79 Å². The Bertz CT molecular complexity index is 520. The summed E-state index contributed by atoms with van der Waals surface area (Å²) in [4.78, 5) is 14.7. The van der Waals surface area contributed by atoms with Crippen LogP contribution in [0.15, 0.2) is 22.9 Å². The average Bonchev–Trinajstić information content (AvgIpc) is 2.62. The molecule has 78 valence electrons. The van der Waals surface area contributed by atoms with Crippen LogP contribution in [-0.4, -0.2) is 16.1 Å². The van der Waals surface area contributed by atoms with Gasteiger partial charge in [-0.1, -0.05) is 11.6 Å². The van der Waals surface area contributed by atoms with Gasteiger partial charge < -0.3 is 9.52 Å². The van der Waals surface area contributed by atoms with E-state index in [0.717, 1.165) is 0 Å². The molecule has 0 aliphatic carbocycles. The fourth-order valence-corrected chi connectivity index (χ4v) is 1.68. The molecule has 0 aliphatic heterocycles. The number of aromatic nitrogens is 1. The molecular weight excluding hydrogens is 218 g/mol. The number of oxazole rings is 1. The van der Waals surface area contributed by atoms with E-state index >= 15 is 0 Å². The number of benzene rings is 1. The van der Waals surface area contributed by atoms with Gasteiger partial charge in [0.2, 0.25) is 0 Å². The Morgan fingerprint density at radius 1 is 1.60 bits per heavy atom. The van der Waals surface area contributed by atoms with Crippen molar-refractivity contribution in [1.29, 1.82) is 0 Å². The van der Waals surface area contributed by atoms with Crippen LogP contribution in [-0.2, 0) is 4.79 Å². The smallest absolute Gasteiger partial charge is 0.310 e. The molecular formula is C10H8ClNO3. The molecule has 0 spiro atoms. The molecule has 0 aliphatic rings. The van der Waals surface area contributed by atoms with E-state index in [-0.39, 0.29) is 0 Å². The zero-order chi connectivity index (χ0) is 11.0. The van der Waals surface area contributed by atoms with Crippen LogP contribution in [0.2, 0.25) is 5.02 Å². The van der Waals surface area contributed by atoms with Gasteiger partial charge in [0.1, 0.15) is 5.52 Å². The van der Waals surface area contributed by atoms with E-state index in [1.54, 1.807) is 19.1 Å². The third-order valence-electron chi connectivity index (χ3n) is 2.29. The summed E-state index contributed by atoms with van der Waals surface area (Å²) in [5.74, 6) is -1.58. The minimum atomic E-state index is -0.921. The molecule has 0 saturated heterocycles. The topological polar surface area (TPSA) is 63.3 Å². The summed E-state index contributed by atoms with van der Waals surface area (Å²) >= 11 is 5.95. The number of carboxylic acid groups (broad SMARTS) is 1. The molecule has 4 nitrogen and oxygen atoms in total. The number of carboxylic acids is 1. The summed E-state index contributed by atoms with van der Waals surface area (Å²) in [6.07, 6.45) is 1.30. The maximum absolute atomic E-state index is 10.8. The molecule has 0 radical (unpaired) electrons. The first-order valence-electron chi connectivity index (χ1n) is 4.35. The molecule has 1 N–H and O–H groups in total. The molecule has 0 fully saturated rings. The van der Waals surface area contributed by atoms with Crippen LogP contribution in [0.5, 0.6) is 0 Å². The van der Waals surface area contributed by atoms with Crippen LogP contribution in [0.25, 0.3) is 11.1 Å². The van der Waals surface area contributed by atoms with Crippen molar-refractivity contribution in [2.75, 3.05) is 0 Å². The third kappa shape index (κ3) is 1.68. The molecule has 0 bridgehead atoms. The monoisotopic (exact) mass is 225 g/mol. The van der Waals surface area contributed by atoms with Crippen molar-refractivity contribution in [1.82, 2.24) is 4.98 Å². The van der Waals surface area contributed by atoms with Gasteiger partial charge in [0.05, 0.1) is 5.92 Å². The van der Waals surface area contributed by atoms with Crippen molar-refractivity contribution < 1.29 is 14.3 Å². The highest BCUT2D eigenvalue weighted by Gasteiger charge is 2.18. The predicted octanol–water partition coefficient (Wildman–Crippen LogP) is 2.67. The highest BCUT2D eigenvalue weighted by Crippen LogP contribution is 2.29. The minimum Gasteiger partial charge on any atom is -0.481 e. The Kier molecular flexibility index (Phi) is 2.36. The van der Waals surface area contributed by atoms with Crippen LogP contribution in [0, 0.1) is 0 Å². The average molecular weight is 226 g/mol. The lowest BCUT2D eigenvalue weighted by atomic mass is 10.0. The van der Waals surface area contributed by atoms with E-state index in [9.17, 15) is 4.79 Å². The van der Waals surface area contributed by atoms with Gasteiger partial charge in [-0.15, -0.1) is 0 Å². The lowest BCUT2D eigenvalue weighted by molar-refractivity contribution is -0.138. The summed E-state index contributed by atoms with van der Waals surface area (Å²) < 4.78 is 5.08. The van der Waals surface area contributed by atoms with Crippen molar-refractivity contribution in [3.63, 3.8) is 0 Å². The Balaban J connectivity index is 2.59. The van der Waals surface area contributed by atoms with E-state index < -0.39 is 11.9 Å². The molecule has 0 saturated carbocycles. The normalized spacial score (nSPS) is 12.9. The fraction of sp³-hybridized carbons (Fsp3) is 0.200. The molecule has 1 aromatic carbocycles. The van der Waals surface area contributed by atoms with Crippen molar-refractivity contribution in [3.05, 3.63) is 29.1 Å². The van der Waals surface area contributed by atoms with Crippen LogP contribution in [0.1, 0.15) is 18.4 Å². The van der Waals surface area contributed by atoms with Crippen molar-refractivity contribution >= 4 is 28.7 Å². The molecule has 1 unspecified atom stereocenters. The number of nitrogens with zero attached hydrogens (tertiary/aromatic N) is 1. The van der Waals surface area contributed by atoms with Gasteiger partial charge in [-0.25, -0.2) is 4.98 Å². The lowest BCUT2D eigenvalue weighted by Crippen LogP contribution is -2.07. The maximum atomic E-state index is 10.8. The number of hydrogen-bond donors (Lipinski definition) is 1. The lowest BCUT2D eigenvalue weighted by Gasteiger charge is -2.07. The Morgan fingerprint density at radius 3 is 3.00 bits per heavy atom. The quantitative estimate of drug-likeness (QED) is 0.854. The summed E-state index contributed by atoms with van der Waals surface area (Å²) in [6.45, 7) is 1.58. The maximum Gasteiger partial charge on any atom is 0.310 e. The summed E-state index contributed by atoms with van der Waals surface area (Å²) in [5.41, 5.74) is 1.71. The van der Waals surface area contributed by atoms with Gasteiger partial charge in [-0.2, -0.15) is 0 Å². The number of hydrogen-bond acceptors (Lipinski definition) is 3. The highest BCUT2D eigenvalue weighted by atomic mass is 35.5. The second kappa shape index (κ2) is 3.55. The highest BCUT2D eigenvalue weighted by molar-refractivity contribution is 6.32. The van der Waals surface area contributed by atoms with Crippen molar-refractivity contribution in [3.8, 4) is 0 Å². The second-order valence-electron chi connectivity index (χ2n) is 3.25. The number of aliphatic carboxylic acids is 1. The van der Waals surface area contributed by atoms with E-state index in [1.165, 1.54) is 6.39 Å². The Labute approximate surface area is 90.5 Å². The van der Waals surface area contributed by atoms with E-state index in [4.69, 9.17) is 21.1 Å². The molecule has 0 amide bonds. The van der Waals surface area contributed by atoms with Gasteiger partial charge in [0.25, 0.3) is 0 Å². The zero-order valence-corrected chi connectivity index (χ0v) is 8.65. The summed E-state index contributed by atoms with van der Waals surface area (Å²) in [5, 5.41) is 9.27. The fourth-order valence-electron chi connectivity index (χ4n) is 1.36. The van der Waals surface area contributed by atoms with Crippen LogP contribution < -0.4 is 0 Å². The van der Waals surface area contributed by atoms with Crippen LogP contribution in [0.3, 0.4) is 0 Å². The van der Waals surface area contributed by atoms with Gasteiger partial charge in [0, 0.05) is 5.02 Å². The van der Waals surface area contributed by atoms with Crippen LogP contribution >= 0.6 is 11.6 Å². The number of carbonyl (C=O) groups is 1. The van der Waals surface area contributed by atoms with E-state index in [0.29, 0.717) is 21.7 Å². The van der Waals surface area contributed by atoms with Gasteiger partial charge >= 0.3 is 5.97 Å².